The number of nitrogens with one attached hydrogen (secondary N) is 2. The summed E-state index contributed by atoms with van der Waals surface area (Å²) in [5.74, 6) is 0.423. The van der Waals surface area contributed by atoms with E-state index in [0.717, 1.165) is 10.7 Å². The van der Waals surface area contributed by atoms with Crippen molar-refractivity contribution in [2.75, 3.05) is 10.6 Å². The second-order valence-electron chi connectivity index (χ2n) is 6.50. The van der Waals surface area contributed by atoms with E-state index in [1.165, 1.54) is 49.0 Å². The van der Waals surface area contributed by atoms with E-state index in [1.807, 2.05) is 38.1 Å². The SMILES string of the molecule is Cc1ccc(N[C@H](C)C(=O)Nc2nnc(C3CCCCC3)s2)cc1. The summed E-state index contributed by atoms with van der Waals surface area (Å²) in [7, 11) is 0. The molecule has 1 aromatic carbocycles. The minimum absolute atomic E-state index is 0.0954. The normalized spacial score (nSPS) is 16.6. The Morgan fingerprint density at radius 1 is 1.17 bits per heavy atom. The number of amides is 1. The van der Waals surface area contributed by atoms with Crippen molar-refractivity contribution < 1.29 is 4.79 Å². The molecule has 128 valence electrons. The van der Waals surface area contributed by atoms with Crippen LogP contribution in [0.2, 0.25) is 0 Å². The number of nitrogens with zero attached hydrogens (tertiary/aromatic N) is 2. The molecule has 0 bridgehead atoms. The molecule has 5 nitrogen and oxygen atoms in total. The quantitative estimate of drug-likeness (QED) is 0.847. The number of rotatable bonds is 5. The van der Waals surface area contributed by atoms with Crippen molar-refractivity contribution in [1.29, 1.82) is 0 Å². The number of carbonyl (C=O) groups is 1. The first kappa shape index (κ1) is 16.9. The summed E-state index contributed by atoms with van der Waals surface area (Å²) >= 11 is 1.51. The molecule has 6 heteroatoms. The Hall–Kier alpha value is -1.95. The molecule has 1 fully saturated rings. The monoisotopic (exact) mass is 344 g/mol. The number of aryl methyl sites for hydroxylation is 1. The Morgan fingerprint density at radius 2 is 1.88 bits per heavy atom. The summed E-state index contributed by atoms with van der Waals surface area (Å²) in [6.45, 7) is 3.89. The lowest BCUT2D eigenvalue weighted by molar-refractivity contribution is -0.116. The highest BCUT2D eigenvalue weighted by molar-refractivity contribution is 7.15. The van der Waals surface area contributed by atoms with E-state index in [4.69, 9.17) is 0 Å². The second kappa shape index (κ2) is 7.75. The number of aromatic nitrogens is 2. The molecule has 1 aliphatic rings. The number of carbonyl (C=O) groups excluding carboxylic acids is 1. The van der Waals surface area contributed by atoms with E-state index in [9.17, 15) is 4.79 Å². The van der Waals surface area contributed by atoms with Gasteiger partial charge in [0.25, 0.3) is 0 Å². The van der Waals surface area contributed by atoms with Gasteiger partial charge in [0, 0.05) is 11.6 Å². The first-order valence-corrected chi connectivity index (χ1v) is 9.41. The zero-order chi connectivity index (χ0) is 16.9. The maximum absolute atomic E-state index is 12.3. The molecular weight excluding hydrogens is 320 g/mol. The fourth-order valence-electron chi connectivity index (χ4n) is 2.98. The summed E-state index contributed by atoms with van der Waals surface area (Å²) in [5, 5.41) is 16.2. The van der Waals surface area contributed by atoms with Gasteiger partial charge in [-0.05, 0) is 38.8 Å². The van der Waals surface area contributed by atoms with Gasteiger partial charge in [0.15, 0.2) is 0 Å². The van der Waals surface area contributed by atoms with Gasteiger partial charge in [0.1, 0.15) is 11.0 Å². The molecule has 1 heterocycles. The Morgan fingerprint density at radius 3 is 2.58 bits per heavy atom. The second-order valence-corrected chi connectivity index (χ2v) is 7.51. The Kier molecular flexibility index (Phi) is 5.45. The van der Waals surface area contributed by atoms with Crippen molar-refractivity contribution >= 4 is 28.1 Å². The third kappa shape index (κ3) is 4.32. The highest BCUT2D eigenvalue weighted by Gasteiger charge is 2.21. The number of hydrogen-bond acceptors (Lipinski definition) is 5. The van der Waals surface area contributed by atoms with Crippen LogP contribution in [0.5, 0.6) is 0 Å². The summed E-state index contributed by atoms with van der Waals surface area (Å²) in [6.07, 6.45) is 6.23. The molecule has 1 atom stereocenters. The smallest absolute Gasteiger partial charge is 0.248 e. The van der Waals surface area contributed by atoms with Crippen LogP contribution in [0.15, 0.2) is 24.3 Å². The Bertz CT molecular complexity index is 677. The molecule has 1 aliphatic carbocycles. The van der Waals surface area contributed by atoms with Gasteiger partial charge >= 0.3 is 0 Å². The van der Waals surface area contributed by atoms with Gasteiger partial charge in [-0.25, -0.2) is 0 Å². The van der Waals surface area contributed by atoms with E-state index in [2.05, 4.69) is 20.8 Å². The zero-order valence-corrected chi connectivity index (χ0v) is 15.0. The average Bonchev–Trinajstić information content (AvgIpc) is 3.06. The van der Waals surface area contributed by atoms with Crippen molar-refractivity contribution in [2.24, 2.45) is 0 Å². The molecule has 1 aromatic heterocycles. The summed E-state index contributed by atoms with van der Waals surface area (Å²) in [5.41, 5.74) is 2.13. The molecule has 3 rings (SSSR count). The third-order valence-electron chi connectivity index (χ3n) is 4.45. The third-order valence-corrected chi connectivity index (χ3v) is 5.45. The standard InChI is InChI=1S/C18H24N4OS/c1-12-8-10-15(11-9-12)19-13(2)16(23)20-18-22-21-17(24-18)14-6-4-3-5-7-14/h8-11,13-14,19H,3-7H2,1-2H3,(H,20,22,23)/t13-/m1/s1. The predicted octanol–water partition coefficient (Wildman–Crippen LogP) is 4.33. The Labute approximate surface area is 146 Å². The largest absolute Gasteiger partial charge is 0.374 e. The van der Waals surface area contributed by atoms with E-state index in [1.54, 1.807) is 0 Å². The van der Waals surface area contributed by atoms with Crippen LogP contribution in [0.25, 0.3) is 0 Å². The van der Waals surface area contributed by atoms with Gasteiger partial charge in [-0.3, -0.25) is 10.1 Å². The van der Waals surface area contributed by atoms with Crippen molar-refractivity contribution in [2.45, 2.75) is 57.9 Å². The van der Waals surface area contributed by atoms with Gasteiger partial charge < -0.3 is 5.32 Å². The van der Waals surface area contributed by atoms with Crippen LogP contribution >= 0.6 is 11.3 Å². The van der Waals surface area contributed by atoms with Crippen LogP contribution in [0.1, 0.15) is 55.5 Å². The van der Waals surface area contributed by atoms with Gasteiger partial charge in [0.05, 0.1) is 0 Å². The molecule has 1 saturated carbocycles. The lowest BCUT2D eigenvalue weighted by Crippen LogP contribution is -2.31. The van der Waals surface area contributed by atoms with Crippen LogP contribution in [-0.4, -0.2) is 22.1 Å². The lowest BCUT2D eigenvalue weighted by atomic mass is 9.90. The molecule has 0 unspecified atom stereocenters. The van der Waals surface area contributed by atoms with Gasteiger partial charge in [-0.2, -0.15) is 0 Å². The van der Waals surface area contributed by atoms with Gasteiger partial charge in [0.2, 0.25) is 11.0 Å². The van der Waals surface area contributed by atoms with Gasteiger partial charge in [-0.1, -0.05) is 48.3 Å². The zero-order valence-electron chi connectivity index (χ0n) is 14.2. The Balaban J connectivity index is 1.55. The molecule has 2 N–H and O–H groups in total. The predicted molar refractivity (Wildman–Crippen MR) is 98.6 cm³/mol. The van der Waals surface area contributed by atoms with Crippen LogP contribution in [-0.2, 0) is 4.79 Å². The highest BCUT2D eigenvalue weighted by atomic mass is 32.1. The first-order valence-electron chi connectivity index (χ1n) is 8.59. The fraction of sp³-hybridized carbons (Fsp3) is 0.500. The maximum Gasteiger partial charge on any atom is 0.248 e. The minimum Gasteiger partial charge on any atom is -0.374 e. The number of benzene rings is 1. The number of anilines is 2. The maximum atomic E-state index is 12.3. The average molecular weight is 344 g/mol. The molecular formula is C18H24N4OS. The molecule has 0 spiro atoms. The van der Waals surface area contributed by atoms with Crippen molar-refractivity contribution in [1.82, 2.24) is 10.2 Å². The van der Waals surface area contributed by atoms with Crippen molar-refractivity contribution in [3.8, 4) is 0 Å². The molecule has 0 radical (unpaired) electrons. The van der Waals surface area contributed by atoms with Crippen molar-refractivity contribution in [3.05, 3.63) is 34.8 Å². The topological polar surface area (TPSA) is 66.9 Å². The van der Waals surface area contributed by atoms with E-state index >= 15 is 0 Å². The lowest BCUT2D eigenvalue weighted by Gasteiger charge is -2.18. The molecule has 0 aliphatic heterocycles. The van der Waals surface area contributed by atoms with Crippen molar-refractivity contribution in [3.63, 3.8) is 0 Å². The van der Waals surface area contributed by atoms with E-state index in [-0.39, 0.29) is 11.9 Å². The summed E-state index contributed by atoms with van der Waals surface area (Å²) < 4.78 is 0. The summed E-state index contributed by atoms with van der Waals surface area (Å²) in [6, 6.07) is 7.66. The molecule has 1 amide bonds. The van der Waals surface area contributed by atoms with Crippen LogP contribution < -0.4 is 10.6 Å². The van der Waals surface area contributed by atoms with E-state index in [0.29, 0.717) is 11.0 Å². The van der Waals surface area contributed by atoms with Crippen LogP contribution in [0.3, 0.4) is 0 Å². The first-order chi connectivity index (χ1) is 11.6. The van der Waals surface area contributed by atoms with Gasteiger partial charge in [-0.15, -0.1) is 10.2 Å². The van der Waals surface area contributed by atoms with Crippen LogP contribution in [0.4, 0.5) is 10.8 Å². The number of hydrogen-bond donors (Lipinski definition) is 2. The van der Waals surface area contributed by atoms with Crippen LogP contribution in [0, 0.1) is 6.92 Å². The molecule has 2 aromatic rings. The van der Waals surface area contributed by atoms with E-state index < -0.39 is 0 Å². The fourth-order valence-corrected chi connectivity index (χ4v) is 3.89. The minimum atomic E-state index is -0.338. The molecule has 0 saturated heterocycles. The molecule has 24 heavy (non-hydrogen) atoms. The highest BCUT2D eigenvalue weighted by Crippen LogP contribution is 2.35. The summed E-state index contributed by atoms with van der Waals surface area (Å²) in [4.78, 5) is 12.3.